The molecule has 0 amide bonds. The molecule has 7 nitrogen and oxygen atoms in total. The van der Waals surface area contributed by atoms with Crippen molar-refractivity contribution in [3.05, 3.63) is 12.1 Å². The molecule has 70 valence electrons. The minimum atomic E-state index is 0.362. The van der Waals surface area contributed by atoms with Gasteiger partial charge in [-0.2, -0.15) is 25.7 Å². The fourth-order valence-corrected chi connectivity index (χ4v) is 0.933. The van der Waals surface area contributed by atoms with E-state index in [1.807, 2.05) is 6.07 Å². The number of hydrogen-bond donors (Lipinski definition) is 1. The van der Waals surface area contributed by atoms with Crippen LogP contribution in [0.4, 0.5) is 0 Å². The van der Waals surface area contributed by atoms with Gasteiger partial charge < -0.3 is 4.52 Å². The molecule has 2 aromatic rings. The number of nitriles is 1. The summed E-state index contributed by atoms with van der Waals surface area (Å²) >= 11 is 0. The zero-order valence-electron chi connectivity index (χ0n) is 7.14. The average Bonchev–Trinajstić information content (AvgIpc) is 2.85. The van der Waals surface area contributed by atoms with E-state index in [-0.39, 0.29) is 0 Å². The second kappa shape index (κ2) is 3.66. The smallest absolute Gasteiger partial charge is 0.228 e. The first-order chi connectivity index (χ1) is 6.90. The molecular formula is C7H6N6O. The summed E-state index contributed by atoms with van der Waals surface area (Å²) < 4.78 is 4.90. The number of aryl methyl sites for hydroxylation is 1. The molecule has 14 heavy (non-hydrogen) atoms. The Hall–Kier alpha value is -2.23. The van der Waals surface area contributed by atoms with Crippen molar-refractivity contribution in [1.82, 2.24) is 25.6 Å². The van der Waals surface area contributed by atoms with Crippen LogP contribution in [-0.2, 0) is 6.42 Å². The fourth-order valence-electron chi connectivity index (χ4n) is 0.933. The van der Waals surface area contributed by atoms with E-state index in [0.717, 1.165) is 0 Å². The summed E-state index contributed by atoms with van der Waals surface area (Å²) in [6.45, 7) is 0. The van der Waals surface area contributed by atoms with Gasteiger partial charge in [-0.25, -0.2) is 0 Å². The quantitative estimate of drug-likeness (QED) is 0.746. The second-order valence-electron chi connectivity index (χ2n) is 2.53. The van der Waals surface area contributed by atoms with Crippen LogP contribution in [0, 0.1) is 11.3 Å². The van der Waals surface area contributed by atoms with E-state index in [1.165, 1.54) is 6.20 Å². The first-order valence-electron chi connectivity index (χ1n) is 3.96. The largest absolute Gasteiger partial charge is 0.339 e. The summed E-state index contributed by atoms with van der Waals surface area (Å²) in [4.78, 5) is 4.04. The van der Waals surface area contributed by atoms with Gasteiger partial charge >= 0.3 is 0 Å². The van der Waals surface area contributed by atoms with E-state index in [0.29, 0.717) is 30.3 Å². The van der Waals surface area contributed by atoms with E-state index in [2.05, 4.69) is 25.6 Å². The van der Waals surface area contributed by atoms with Crippen LogP contribution >= 0.6 is 0 Å². The summed E-state index contributed by atoms with van der Waals surface area (Å²) in [6.07, 6.45) is 2.32. The molecule has 2 rings (SSSR count). The molecule has 2 heterocycles. The highest BCUT2D eigenvalue weighted by molar-refractivity contribution is 5.44. The van der Waals surface area contributed by atoms with Crippen molar-refractivity contribution in [2.24, 2.45) is 0 Å². The van der Waals surface area contributed by atoms with Crippen molar-refractivity contribution in [1.29, 1.82) is 5.26 Å². The summed E-state index contributed by atoms with van der Waals surface area (Å²) in [5.41, 5.74) is 0.525. The predicted molar refractivity (Wildman–Crippen MR) is 43.6 cm³/mol. The third kappa shape index (κ3) is 1.59. The highest BCUT2D eigenvalue weighted by atomic mass is 16.5. The Morgan fingerprint density at radius 2 is 2.50 bits per heavy atom. The van der Waals surface area contributed by atoms with Gasteiger partial charge in [0.25, 0.3) is 0 Å². The summed E-state index contributed by atoms with van der Waals surface area (Å²) in [5.74, 6) is 0.816. The van der Waals surface area contributed by atoms with Crippen molar-refractivity contribution >= 4 is 0 Å². The van der Waals surface area contributed by atoms with Crippen molar-refractivity contribution in [3.63, 3.8) is 0 Å². The third-order valence-electron chi connectivity index (χ3n) is 1.56. The molecule has 0 aliphatic rings. The topological polar surface area (TPSA) is 104 Å². The summed E-state index contributed by atoms with van der Waals surface area (Å²) in [5, 5.41) is 21.9. The minimum Gasteiger partial charge on any atom is -0.339 e. The van der Waals surface area contributed by atoms with Crippen molar-refractivity contribution in [2.75, 3.05) is 0 Å². The highest BCUT2D eigenvalue weighted by Gasteiger charge is 2.09. The lowest BCUT2D eigenvalue weighted by Gasteiger charge is -1.81. The van der Waals surface area contributed by atoms with E-state index < -0.39 is 0 Å². The number of nitrogens with zero attached hydrogens (tertiary/aromatic N) is 5. The van der Waals surface area contributed by atoms with Gasteiger partial charge in [-0.1, -0.05) is 5.16 Å². The summed E-state index contributed by atoms with van der Waals surface area (Å²) in [7, 11) is 0. The Bertz CT molecular complexity index is 439. The first kappa shape index (κ1) is 8.37. The molecule has 0 saturated carbocycles. The highest BCUT2D eigenvalue weighted by Crippen LogP contribution is 2.10. The lowest BCUT2D eigenvalue weighted by atomic mass is 10.3. The van der Waals surface area contributed by atoms with Crippen molar-refractivity contribution < 1.29 is 4.52 Å². The van der Waals surface area contributed by atoms with E-state index >= 15 is 0 Å². The van der Waals surface area contributed by atoms with Gasteiger partial charge in [0.05, 0.1) is 12.3 Å². The maximum absolute atomic E-state index is 8.35. The molecule has 0 saturated heterocycles. The number of aromatic amines is 1. The fraction of sp³-hybridized carbons (Fsp3) is 0.286. The van der Waals surface area contributed by atoms with Crippen molar-refractivity contribution in [2.45, 2.75) is 12.8 Å². The van der Waals surface area contributed by atoms with E-state index in [9.17, 15) is 0 Å². The molecule has 0 aliphatic carbocycles. The normalized spacial score (nSPS) is 9.93. The first-order valence-corrected chi connectivity index (χ1v) is 3.96. The minimum absolute atomic E-state index is 0.362. The maximum atomic E-state index is 8.35. The van der Waals surface area contributed by atoms with Gasteiger partial charge in [0.1, 0.15) is 0 Å². The summed E-state index contributed by atoms with van der Waals surface area (Å²) in [6, 6.07) is 2.00. The van der Waals surface area contributed by atoms with E-state index in [4.69, 9.17) is 9.78 Å². The molecule has 1 N–H and O–H groups in total. The molecule has 0 spiro atoms. The molecule has 0 radical (unpaired) electrons. The Morgan fingerprint density at radius 1 is 1.57 bits per heavy atom. The molecule has 7 heteroatoms. The Balaban J connectivity index is 2.15. The monoisotopic (exact) mass is 190 g/mol. The Kier molecular flexibility index (Phi) is 2.19. The number of H-pyrrole nitrogens is 1. The van der Waals surface area contributed by atoms with Gasteiger partial charge in [-0.05, 0) is 0 Å². The molecule has 0 aliphatic heterocycles. The van der Waals surface area contributed by atoms with Crippen LogP contribution in [0.2, 0.25) is 0 Å². The molecule has 0 bridgehead atoms. The lowest BCUT2D eigenvalue weighted by Crippen LogP contribution is -1.84. The van der Waals surface area contributed by atoms with Crippen LogP contribution < -0.4 is 0 Å². The predicted octanol–water partition coefficient (Wildman–Crippen LogP) is 0.311. The van der Waals surface area contributed by atoms with Gasteiger partial charge in [0.15, 0.2) is 5.69 Å². The number of hydrogen-bond acceptors (Lipinski definition) is 6. The number of nitrogens with one attached hydrogen (secondary N) is 1. The van der Waals surface area contributed by atoms with E-state index in [1.54, 1.807) is 0 Å². The van der Waals surface area contributed by atoms with Crippen molar-refractivity contribution in [3.8, 4) is 17.6 Å². The van der Waals surface area contributed by atoms with Crippen LogP contribution in [0.3, 0.4) is 0 Å². The molecular weight excluding hydrogens is 184 g/mol. The number of rotatable bonds is 3. The van der Waals surface area contributed by atoms with Crippen LogP contribution in [0.25, 0.3) is 11.5 Å². The van der Waals surface area contributed by atoms with Crippen LogP contribution in [-0.4, -0.2) is 25.6 Å². The maximum Gasteiger partial charge on any atom is 0.228 e. The van der Waals surface area contributed by atoms with Gasteiger partial charge in [-0.15, -0.1) is 0 Å². The second-order valence-corrected chi connectivity index (χ2v) is 2.53. The molecule has 0 fully saturated rings. The zero-order valence-corrected chi connectivity index (χ0v) is 7.14. The van der Waals surface area contributed by atoms with Crippen LogP contribution in [0.15, 0.2) is 10.7 Å². The molecule has 0 atom stereocenters. The Labute approximate surface area is 78.7 Å². The van der Waals surface area contributed by atoms with Gasteiger partial charge in [0, 0.05) is 12.8 Å². The van der Waals surface area contributed by atoms with Gasteiger partial charge in [0.2, 0.25) is 11.7 Å². The average molecular weight is 190 g/mol. The Morgan fingerprint density at radius 3 is 3.21 bits per heavy atom. The van der Waals surface area contributed by atoms with Crippen LogP contribution in [0.5, 0.6) is 0 Å². The SMILES string of the molecule is N#CCCc1nc(-c2cn[nH]n2)no1. The number of aromatic nitrogens is 5. The van der Waals surface area contributed by atoms with Gasteiger partial charge in [-0.3, -0.25) is 0 Å². The van der Waals surface area contributed by atoms with Crippen LogP contribution in [0.1, 0.15) is 12.3 Å². The molecule has 0 aromatic carbocycles. The molecule has 2 aromatic heterocycles. The third-order valence-corrected chi connectivity index (χ3v) is 1.56. The lowest BCUT2D eigenvalue weighted by molar-refractivity contribution is 0.380. The molecule has 0 unspecified atom stereocenters. The zero-order chi connectivity index (χ0) is 9.80. The standard InChI is InChI=1S/C7H6N6O/c8-3-1-2-6-10-7(12-14-6)5-4-9-13-11-5/h4H,1-2H2,(H,9,11,13).